The topological polar surface area (TPSA) is 78.7 Å². The second kappa shape index (κ2) is 7.43. The molecule has 27 heavy (non-hydrogen) atoms. The molecule has 9 heteroatoms. The van der Waals surface area contributed by atoms with E-state index in [1.165, 1.54) is 11.0 Å². The van der Waals surface area contributed by atoms with Gasteiger partial charge in [0.25, 0.3) is 5.91 Å². The molecule has 0 aliphatic carbocycles. The first kappa shape index (κ1) is 19.0. The molecule has 3 rings (SSSR count). The normalized spacial score (nSPS) is 13.7. The molecule has 0 radical (unpaired) electrons. The van der Waals surface area contributed by atoms with Gasteiger partial charge in [-0.1, -0.05) is 0 Å². The fourth-order valence-electron chi connectivity index (χ4n) is 3.13. The van der Waals surface area contributed by atoms with Crippen LogP contribution in [0.2, 0.25) is 0 Å². The van der Waals surface area contributed by atoms with Crippen LogP contribution >= 0.6 is 0 Å². The number of halogens is 2. The zero-order valence-corrected chi connectivity index (χ0v) is 15.1. The highest BCUT2D eigenvalue weighted by Crippen LogP contribution is 2.24. The first-order valence-corrected chi connectivity index (χ1v) is 8.49. The zero-order chi connectivity index (χ0) is 19.7. The molecule has 1 aliphatic rings. The van der Waals surface area contributed by atoms with Crippen molar-refractivity contribution in [2.45, 2.75) is 19.5 Å². The minimum absolute atomic E-state index is 0.0224. The van der Waals surface area contributed by atoms with E-state index in [1.807, 2.05) is 19.0 Å². The van der Waals surface area contributed by atoms with Gasteiger partial charge in [-0.3, -0.25) is 9.48 Å². The third-order valence-electron chi connectivity index (χ3n) is 4.55. The summed E-state index contributed by atoms with van der Waals surface area (Å²) in [6, 6.07) is 2.97. The monoisotopic (exact) mass is 378 g/mol. The predicted octanol–water partition coefficient (Wildman–Crippen LogP) is 1.62. The van der Waals surface area contributed by atoms with Crippen LogP contribution in [0.5, 0.6) is 0 Å². The number of benzene rings is 1. The second-order valence-electron chi connectivity index (χ2n) is 6.71. The van der Waals surface area contributed by atoms with Crippen LogP contribution in [-0.2, 0) is 19.5 Å². The molecular formula is C18H20F2N4O3. The standard InChI is InChI=1S/C18H20F2N4O3/c1-22(2)7-8-24-15-5-6-23(10-12(15)16(21-24)18(26)27)17(25)11-3-4-13(19)14(20)9-11/h3-4,9H,5-8,10H2,1-2H3,(H,26,27). The number of rotatable bonds is 5. The van der Waals surface area contributed by atoms with E-state index in [1.54, 1.807) is 4.68 Å². The summed E-state index contributed by atoms with van der Waals surface area (Å²) >= 11 is 0. The van der Waals surface area contributed by atoms with Crippen molar-refractivity contribution in [2.75, 3.05) is 27.2 Å². The smallest absolute Gasteiger partial charge is 0.356 e. The van der Waals surface area contributed by atoms with E-state index >= 15 is 0 Å². The van der Waals surface area contributed by atoms with Gasteiger partial charge in [-0.2, -0.15) is 5.10 Å². The van der Waals surface area contributed by atoms with E-state index in [0.29, 0.717) is 31.6 Å². The van der Waals surface area contributed by atoms with Crippen LogP contribution in [-0.4, -0.2) is 63.7 Å². The lowest BCUT2D eigenvalue weighted by Crippen LogP contribution is -2.37. The van der Waals surface area contributed by atoms with Gasteiger partial charge in [0.2, 0.25) is 0 Å². The summed E-state index contributed by atoms with van der Waals surface area (Å²) in [4.78, 5) is 27.6. The van der Waals surface area contributed by atoms with E-state index in [4.69, 9.17) is 0 Å². The van der Waals surface area contributed by atoms with Crippen LogP contribution in [0.4, 0.5) is 8.78 Å². The number of fused-ring (bicyclic) bond motifs is 1. The summed E-state index contributed by atoms with van der Waals surface area (Å²) in [5.41, 5.74) is 1.23. The molecular weight excluding hydrogens is 358 g/mol. The average Bonchev–Trinajstić information content (AvgIpc) is 3.00. The molecule has 0 unspecified atom stereocenters. The van der Waals surface area contributed by atoms with E-state index in [-0.39, 0.29) is 17.8 Å². The quantitative estimate of drug-likeness (QED) is 0.856. The van der Waals surface area contributed by atoms with Crippen molar-refractivity contribution in [1.82, 2.24) is 19.6 Å². The van der Waals surface area contributed by atoms with Gasteiger partial charge in [-0.25, -0.2) is 13.6 Å². The van der Waals surface area contributed by atoms with Crippen molar-refractivity contribution in [3.05, 3.63) is 52.3 Å². The lowest BCUT2D eigenvalue weighted by Gasteiger charge is -2.28. The molecule has 7 nitrogen and oxygen atoms in total. The average molecular weight is 378 g/mol. The maximum absolute atomic E-state index is 13.4. The highest BCUT2D eigenvalue weighted by molar-refractivity contribution is 5.95. The number of carbonyl (C=O) groups excluding carboxylic acids is 1. The maximum Gasteiger partial charge on any atom is 0.356 e. The molecule has 144 valence electrons. The highest BCUT2D eigenvalue weighted by atomic mass is 19.2. The third kappa shape index (κ3) is 3.82. The summed E-state index contributed by atoms with van der Waals surface area (Å²) < 4.78 is 28.2. The Bertz CT molecular complexity index is 895. The third-order valence-corrected chi connectivity index (χ3v) is 4.55. The number of carboxylic acid groups (broad SMARTS) is 1. The Labute approximate surface area is 154 Å². The Balaban J connectivity index is 1.87. The summed E-state index contributed by atoms with van der Waals surface area (Å²) in [7, 11) is 3.83. The number of nitrogens with zero attached hydrogens (tertiary/aromatic N) is 4. The SMILES string of the molecule is CN(C)CCn1nc(C(=O)O)c2c1CCN(C(=O)c1ccc(F)c(F)c1)C2. The Hall–Kier alpha value is -2.81. The Morgan fingerprint density at radius 3 is 2.63 bits per heavy atom. The summed E-state index contributed by atoms with van der Waals surface area (Å²) in [5.74, 6) is -3.75. The molecule has 0 bridgehead atoms. The first-order valence-electron chi connectivity index (χ1n) is 8.49. The molecule has 0 saturated heterocycles. The molecule has 0 fully saturated rings. The Kier molecular flexibility index (Phi) is 5.22. The van der Waals surface area contributed by atoms with Gasteiger partial charge in [0.1, 0.15) is 0 Å². The van der Waals surface area contributed by atoms with Gasteiger partial charge in [0, 0.05) is 36.3 Å². The van der Waals surface area contributed by atoms with Gasteiger partial charge < -0.3 is 14.9 Å². The minimum Gasteiger partial charge on any atom is -0.476 e. The lowest BCUT2D eigenvalue weighted by atomic mass is 10.0. The predicted molar refractivity (Wildman–Crippen MR) is 92.5 cm³/mol. The Morgan fingerprint density at radius 1 is 1.26 bits per heavy atom. The van der Waals surface area contributed by atoms with Crippen LogP contribution in [0.1, 0.15) is 32.1 Å². The number of hydrogen-bond acceptors (Lipinski definition) is 4. The van der Waals surface area contributed by atoms with Crippen molar-refractivity contribution in [3.8, 4) is 0 Å². The molecule has 1 aliphatic heterocycles. The van der Waals surface area contributed by atoms with Crippen LogP contribution in [0.15, 0.2) is 18.2 Å². The van der Waals surface area contributed by atoms with Crippen LogP contribution in [0.25, 0.3) is 0 Å². The minimum atomic E-state index is -1.16. The molecule has 1 N–H and O–H groups in total. The molecule has 0 atom stereocenters. The number of hydrogen-bond donors (Lipinski definition) is 1. The number of aromatic nitrogens is 2. The summed E-state index contributed by atoms with van der Waals surface area (Å²) in [5, 5.41) is 13.7. The molecule has 2 aromatic rings. The molecule has 0 saturated carbocycles. The van der Waals surface area contributed by atoms with Gasteiger partial charge in [0.05, 0.1) is 13.1 Å². The molecule has 1 aromatic heterocycles. The molecule has 0 spiro atoms. The van der Waals surface area contributed by atoms with Crippen LogP contribution < -0.4 is 0 Å². The number of carboxylic acids is 1. The van der Waals surface area contributed by atoms with Gasteiger partial charge in [-0.15, -0.1) is 0 Å². The van der Waals surface area contributed by atoms with Crippen molar-refractivity contribution < 1.29 is 23.5 Å². The van der Waals surface area contributed by atoms with Crippen molar-refractivity contribution >= 4 is 11.9 Å². The van der Waals surface area contributed by atoms with E-state index in [9.17, 15) is 23.5 Å². The van der Waals surface area contributed by atoms with Crippen LogP contribution in [0, 0.1) is 11.6 Å². The summed E-state index contributed by atoms with van der Waals surface area (Å²) in [6.07, 6.45) is 0.443. The van der Waals surface area contributed by atoms with E-state index in [2.05, 4.69) is 5.10 Å². The summed E-state index contributed by atoms with van der Waals surface area (Å²) in [6.45, 7) is 1.65. The molecule has 1 aromatic carbocycles. The number of likely N-dealkylation sites (N-methyl/N-ethyl adjacent to an activating group) is 1. The fraction of sp³-hybridized carbons (Fsp3) is 0.389. The van der Waals surface area contributed by atoms with E-state index < -0.39 is 23.5 Å². The highest BCUT2D eigenvalue weighted by Gasteiger charge is 2.30. The van der Waals surface area contributed by atoms with Gasteiger partial charge >= 0.3 is 5.97 Å². The number of aromatic carboxylic acids is 1. The van der Waals surface area contributed by atoms with Gasteiger partial charge in [0.15, 0.2) is 17.3 Å². The zero-order valence-electron chi connectivity index (χ0n) is 15.1. The molecule has 1 amide bonds. The Morgan fingerprint density at radius 2 is 2.00 bits per heavy atom. The van der Waals surface area contributed by atoms with Crippen molar-refractivity contribution in [2.24, 2.45) is 0 Å². The van der Waals surface area contributed by atoms with E-state index in [0.717, 1.165) is 17.8 Å². The maximum atomic E-state index is 13.4. The first-order chi connectivity index (χ1) is 12.8. The molecule has 2 heterocycles. The van der Waals surface area contributed by atoms with Gasteiger partial charge in [-0.05, 0) is 32.3 Å². The second-order valence-corrected chi connectivity index (χ2v) is 6.71. The number of carbonyl (C=O) groups is 2. The van der Waals surface area contributed by atoms with Crippen molar-refractivity contribution in [1.29, 1.82) is 0 Å². The fourth-order valence-corrected chi connectivity index (χ4v) is 3.13. The van der Waals surface area contributed by atoms with Crippen LogP contribution in [0.3, 0.4) is 0 Å². The largest absolute Gasteiger partial charge is 0.476 e. The number of amides is 1. The lowest BCUT2D eigenvalue weighted by molar-refractivity contribution is 0.0674. The van der Waals surface area contributed by atoms with Crippen molar-refractivity contribution in [3.63, 3.8) is 0 Å².